The van der Waals surface area contributed by atoms with Gasteiger partial charge in [-0.25, -0.2) is 0 Å². The van der Waals surface area contributed by atoms with Crippen LogP contribution in [0.25, 0.3) is 0 Å². The van der Waals surface area contributed by atoms with E-state index in [2.05, 4.69) is 0 Å². The topological polar surface area (TPSA) is 124 Å². The first kappa shape index (κ1) is 25.8. The van der Waals surface area contributed by atoms with Crippen molar-refractivity contribution < 1.29 is 45.9 Å². The molecule has 2 rings (SSSR count). The Hall–Kier alpha value is -3.47. The van der Waals surface area contributed by atoms with Gasteiger partial charge in [0.25, 0.3) is 0 Å². The van der Waals surface area contributed by atoms with Gasteiger partial charge in [0.05, 0.1) is 34.7 Å². The molecule has 0 fully saturated rings. The number of carbonyl (C=O) groups excluding carboxylic acids is 2. The van der Waals surface area contributed by atoms with Crippen molar-refractivity contribution >= 4 is 21.7 Å². The zero-order valence-corrected chi connectivity index (χ0v) is 20.2. The quantitative estimate of drug-likeness (QED) is 0.349. The highest BCUT2D eigenvalue weighted by atomic mass is 32.2. The molecule has 2 aromatic carbocycles. The Morgan fingerprint density at radius 3 is 1.64 bits per heavy atom. The number of benzene rings is 2. The minimum atomic E-state index is -3.89. The van der Waals surface area contributed by atoms with Crippen LogP contribution in [0, 0.1) is 0 Å². The molecule has 0 amide bonds. The van der Waals surface area contributed by atoms with Crippen LogP contribution in [0.4, 0.5) is 0 Å². The van der Waals surface area contributed by atoms with Gasteiger partial charge < -0.3 is 27.9 Å². The molecule has 0 aromatic heterocycles. The molecule has 180 valence electrons. The van der Waals surface area contributed by atoms with Gasteiger partial charge in [0.15, 0.2) is 40.7 Å². The molecule has 0 saturated heterocycles. The van der Waals surface area contributed by atoms with Crippen LogP contribution in [0.2, 0.25) is 0 Å². The molecule has 0 spiro atoms. The number of carbonyl (C=O) groups is 2. The molecule has 1 unspecified atom stereocenters. The Morgan fingerprint density at radius 2 is 1.24 bits per heavy atom. The second-order valence-electron chi connectivity index (χ2n) is 6.92. The SMILES string of the molecule is COc1cc(C(C)=O)cc(OC(C(C)=O)c2cc(OC)c(OS(C)(=O)=O)c(OC)c2)c1OC. The van der Waals surface area contributed by atoms with E-state index >= 15 is 0 Å². The van der Waals surface area contributed by atoms with Crippen molar-refractivity contribution in [1.82, 2.24) is 0 Å². The molecule has 0 aliphatic heterocycles. The maximum Gasteiger partial charge on any atom is 0.306 e. The van der Waals surface area contributed by atoms with E-state index in [1.165, 1.54) is 66.6 Å². The van der Waals surface area contributed by atoms with Crippen LogP contribution >= 0.6 is 0 Å². The lowest BCUT2D eigenvalue weighted by Crippen LogP contribution is -2.17. The van der Waals surface area contributed by atoms with Crippen molar-refractivity contribution in [2.24, 2.45) is 0 Å². The van der Waals surface area contributed by atoms with Gasteiger partial charge in [0, 0.05) is 11.1 Å². The molecule has 0 aliphatic rings. The molecular weight excluding hydrogens is 456 g/mol. The molecular formula is C22H26O10S. The summed E-state index contributed by atoms with van der Waals surface area (Å²) in [6.45, 7) is 2.69. The number of ether oxygens (including phenoxy) is 5. The molecule has 0 heterocycles. The average Bonchev–Trinajstić information content (AvgIpc) is 2.75. The van der Waals surface area contributed by atoms with E-state index in [1.54, 1.807) is 0 Å². The predicted octanol–water partition coefficient (Wildman–Crippen LogP) is 2.97. The Balaban J connectivity index is 2.66. The first-order valence-corrected chi connectivity index (χ1v) is 11.4. The van der Waals surface area contributed by atoms with Gasteiger partial charge in [-0.15, -0.1) is 0 Å². The lowest BCUT2D eigenvalue weighted by atomic mass is 10.0. The molecule has 1 atom stereocenters. The lowest BCUT2D eigenvalue weighted by molar-refractivity contribution is -0.123. The van der Waals surface area contributed by atoms with Gasteiger partial charge in [-0.05, 0) is 38.1 Å². The van der Waals surface area contributed by atoms with Gasteiger partial charge in [0.2, 0.25) is 11.5 Å². The average molecular weight is 483 g/mol. The summed E-state index contributed by atoms with van der Waals surface area (Å²) >= 11 is 0. The summed E-state index contributed by atoms with van der Waals surface area (Å²) in [6.07, 6.45) is -0.316. The molecule has 2 aromatic rings. The lowest BCUT2D eigenvalue weighted by Gasteiger charge is -2.22. The fourth-order valence-corrected chi connectivity index (χ4v) is 3.49. The minimum absolute atomic E-state index is 0.00616. The van der Waals surface area contributed by atoms with E-state index in [1.807, 2.05) is 0 Å². The summed E-state index contributed by atoms with van der Waals surface area (Å²) < 4.78 is 55.5. The molecule has 0 radical (unpaired) electrons. The van der Waals surface area contributed by atoms with Crippen LogP contribution in [-0.4, -0.2) is 54.7 Å². The summed E-state index contributed by atoms with van der Waals surface area (Å²) in [5, 5.41) is 0. The van der Waals surface area contributed by atoms with Gasteiger partial charge in [-0.1, -0.05) is 0 Å². The third-order valence-corrected chi connectivity index (χ3v) is 4.96. The summed E-state index contributed by atoms with van der Waals surface area (Å²) in [5.41, 5.74) is 0.573. The van der Waals surface area contributed by atoms with Crippen LogP contribution in [0.1, 0.15) is 35.9 Å². The predicted molar refractivity (Wildman–Crippen MR) is 119 cm³/mol. The third kappa shape index (κ3) is 6.07. The van der Waals surface area contributed by atoms with Gasteiger partial charge in [-0.3, -0.25) is 9.59 Å². The molecule has 0 aliphatic carbocycles. The Bertz CT molecular complexity index is 1130. The zero-order chi connectivity index (χ0) is 24.9. The van der Waals surface area contributed by atoms with E-state index in [-0.39, 0.29) is 51.4 Å². The number of hydrogen-bond donors (Lipinski definition) is 0. The Morgan fingerprint density at radius 1 is 0.758 bits per heavy atom. The maximum atomic E-state index is 12.6. The Labute approximate surface area is 192 Å². The molecule has 0 saturated carbocycles. The highest BCUT2D eigenvalue weighted by molar-refractivity contribution is 7.86. The molecule has 10 nitrogen and oxygen atoms in total. The van der Waals surface area contributed by atoms with E-state index < -0.39 is 22.0 Å². The largest absolute Gasteiger partial charge is 0.493 e. The van der Waals surface area contributed by atoms with Crippen LogP contribution in [0.15, 0.2) is 24.3 Å². The standard InChI is InChI=1S/C22H26O10S/c1-12(23)14-8-16(27-3)21(30-6)19(9-14)31-20(13(2)24)15-10-17(28-4)22(18(11-15)29-5)32-33(7,25)26/h8-11,20H,1-7H3. The summed E-state index contributed by atoms with van der Waals surface area (Å²) in [6, 6.07) is 5.73. The van der Waals surface area contributed by atoms with Crippen LogP contribution in [0.3, 0.4) is 0 Å². The van der Waals surface area contributed by atoms with Crippen molar-refractivity contribution in [1.29, 1.82) is 0 Å². The van der Waals surface area contributed by atoms with Gasteiger partial charge >= 0.3 is 10.1 Å². The molecule has 11 heteroatoms. The van der Waals surface area contributed by atoms with E-state index in [9.17, 15) is 18.0 Å². The minimum Gasteiger partial charge on any atom is -0.493 e. The maximum absolute atomic E-state index is 12.6. The fraction of sp³-hybridized carbons (Fsp3) is 0.364. The summed E-state index contributed by atoms with van der Waals surface area (Å²) in [5.74, 6) is -0.281. The normalized spacial score (nSPS) is 11.8. The number of Topliss-reactive ketones (excluding diaryl/α,β-unsaturated/α-hetero) is 2. The van der Waals surface area contributed by atoms with E-state index in [0.29, 0.717) is 0 Å². The van der Waals surface area contributed by atoms with Crippen molar-refractivity contribution in [2.75, 3.05) is 34.7 Å². The summed E-state index contributed by atoms with van der Waals surface area (Å²) in [7, 11) is 1.52. The third-order valence-electron chi connectivity index (χ3n) is 4.49. The van der Waals surface area contributed by atoms with Crippen LogP contribution < -0.4 is 27.9 Å². The van der Waals surface area contributed by atoms with Crippen LogP contribution in [-0.2, 0) is 14.9 Å². The summed E-state index contributed by atoms with van der Waals surface area (Å²) in [4.78, 5) is 24.5. The first-order chi connectivity index (χ1) is 15.4. The monoisotopic (exact) mass is 482 g/mol. The van der Waals surface area contributed by atoms with E-state index in [4.69, 9.17) is 27.9 Å². The molecule has 0 N–H and O–H groups in total. The number of methoxy groups -OCH3 is 4. The van der Waals surface area contributed by atoms with Gasteiger partial charge in [0.1, 0.15) is 0 Å². The smallest absolute Gasteiger partial charge is 0.306 e. The van der Waals surface area contributed by atoms with Crippen molar-refractivity contribution in [3.8, 4) is 34.5 Å². The van der Waals surface area contributed by atoms with Crippen molar-refractivity contribution in [2.45, 2.75) is 20.0 Å². The zero-order valence-electron chi connectivity index (χ0n) is 19.4. The number of ketones is 2. The highest BCUT2D eigenvalue weighted by Crippen LogP contribution is 2.44. The number of hydrogen-bond acceptors (Lipinski definition) is 10. The van der Waals surface area contributed by atoms with E-state index in [0.717, 1.165) is 6.26 Å². The number of rotatable bonds is 11. The van der Waals surface area contributed by atoms with Crippen molar-refractivity contribution in [3.63, 3.8) is 0 Å². The second-order valence-corrected chi connectivity index (χ2v) is 8.49. The fourth-order valence-electron chi connectivity index (χ4n) is 3.02. The van der Waals surface area contributed by atoms with Crippen LogP contribution in [0.5, 0.6) is 34.5 Å². The second kappa shape index (κ2) is 10.4. The van der Waals surface area contributed by atoms with Crippen molar-refractivity contribution in [3.05, 3.63) is 35.4 Å². The molecule has 0 bridgehead atoms. The highest BCUT2D eigenvalue weighted by Gasteiger charge is 2.27. The van der Waals surface area contributed by atoms with Gasteiger partial charge in [-0.2, -0.15) is 8.42 Å². The Kier molecular flexibility index (Phi) is 8.15. The first-order valence-electron chi connectivity index (χ1n) is 9.55. The molecule has 33 heavy (non-hydrogen) atoms.